The second-order valence-electron chi connectivity index (χ2n) is 11.4. The van der Waals surface area contributed by atoms with E-state index < -0.39 is 0 Å². The highest BCUT2D eigenvalue weighted by atomic mass is 35.5. The predicted octanol–water partition coefficient (Wildman–Crippen LogP) is 7.68. The molecule has 2 unspecified atom stereocenters. The number of hydrogen-bond acceptors (Lipinski definition) is 3. The Bertz CT molecular complexity index is 1310. The molecule has 2 aromatic heterocycles. The Morgan fingerprint density at radius 2 is 1.76 bits per heavy atom. The van der Waals surface area contributed by atoms with Crippen molar-refractivity contribution >= 4 is 40.3 Å². The van der Waals surface area contributed by atoms with Crippen molar-refractivity contribution in [3.8, 4) is 0 Å². The molecular weight excluding hydrogens is 510 g/mol. The van der Waals surface area contributed by atoms with Gasteiger partial charge >= 0.3 is 0 Å². The number of nitrogens with one attached hydrogen (secondary N) is 1. The van der Waals surface area contributed by atoms with Crippen LogP contribution in [0.25, 0.3) is 0 Å². The van der Waals surface area contributed by atoms with Crippen LogP contribution in [-0.4, -0.2) is 27.8 Å². The van der Waals surface area contributed by atoms with E-state index in [4.69, 9.17) is 28.8 Å². The standard InChI is InChI=1S/C31H38ClN5S/c1-20-13-16-35(17-14-20)28-12-11-24(19-26(28)32)37-30(29(34-31(37)38)27-10-6-7-15-33-27)25-18-21(2)36(22(25)3)23-8-4-5-9-23/h6-7,10-12,15,18-20,23,29-30H,4-5,8-9,13-14,16-17H2,1-3H3,(H,34,38). The highest BCUT2D eigenvalue weighted by molar-refractivity contribution is 7.80. The Morgan fingerprint density at radius 1 is 1.00 bits per heavy atom. The number of aryl methyl sites for hydroxylation is 1. The van der Waals surface area contributed by atoms with Gasteiger partial charge in [0.25, 0.3) is 0 Å². The van der Waals surface area contributed by atoms with Gasteiger partial charge in [-0.2, -0.15) is 0 Å². The van der Waals surface area contributed by atoms with Crippen molar-refractivity contribution < 1.29 is 0 Å². The summed E-state index contributed by atoms with van der Waals surface area (Å²) in [5, 5.41) is 5.13. The Hall–Kier alpha value is -2.57. The van der Waals surface area contributed by atoms with E-state index in [0.717, 1.165) is 41.1 Å². The van der Waals surface area contributed by atoms with Crippen molar-refractivity contribution in [3.63, 3.8) is 0 Å². The number of nitrogens with zero attached hydrogens (tertiary/aromatic N) is 4. The van der Waals surface area contributed by atoms with E-state index in [1.165, 1.54) is 55.5 Å². The fraction of sp³-hybridized carbons (Fsp3) is 0.484. The van der Waals surface area contributed by atoms with Gasteiger partial charge in [0.05, 0.1) is 28.5 Å². The molecule has 0 radical (unpaired) electrons. The Labute approximate surface area is 237 Å². The predicted molar refractivity (Wildman–Crippen MR) is 161 cm³/mol. The van der Waals surface area contributed by atoms with Gasteiger partial charge in [0.15, 0.2) is 5.11 Å². The fourth-order valence-corrected chi connectivity index (χ4v) is 7.57. The number of anilines is 2. The highest BCUT2D eigenvalue weighted by Gasteiger charge is 2.42. The quantitative estimate of drug-likeness (QED) is 0.331. The number of thiocarbonyl (C=S) groups is 1. The van der Waals surface area contributed by atoms with Crippen LogP contribution in [0.4, 0.5) is 11.4 Å². The summed E-state index contributed by atoms with van der Waals surface area (Å²) in [6.45, 7) is 8.98. The van der Waals surface area contributed by atoms with Crippen LogP contribution < -0.4 is 15.1 Å². The van der Waals surface area contributed by atoms with Crippen LogP contribution in [-0.2, 0) is 0 Å². The molecule has 3 fully saturated rings. The smallest absolute Gasteiger partial charge is 0.174 e. The lowest BCUT2D eigenvalue weighted by molar-refractivity contribution is 0.438. The van der Waals surface area contributed by atoms with Crippen LogP contribution in [0.3, 0.4) is 0 Å². The van der Waals surface area contributed by atoms with Gasteiger partial charge in [-0.3, -0.25) is 4.98 Å². The van der Waals surface area contributed by atoms with Gasteiger partial charge in [-0.05, 0) is 99.6 Å². The molecule has 0 spiro atoms. The molecule has 0 amide bonds. The van der Waals surface area contributed by atoms with Crippen LogP contribution in [0.1, 0.15) is 86.2 Å². The molecule has 2 atom stereocenters. The number of halogens is 1. The zero-order valence-electron chi connectivity index (χ0n) is 22.7. The van der Waals surface area contributed by atoms with Crippen LogP contribution in [0.5, 0.6) is 0 Å². The minimum absolute atomic E-state index is 0.0171. The Morgan fingerprint density at radius 3 is 2.45 bits per heavy atom. The molecule has 3 aromatic rings. The first kappa shape index (κ1) is 25.7. The molecule has 1 N–H and O–H groups in total. The summed E-state index contributed by atoms with van der Waals surface area (Å²) in [7, 11) is 0. The van der Waals surface area contributed by atoms with E-state index in [1.807, 2.05) is 12.3 Å². The maximum Gasteiger partial charge on any atom is 0.174 e. The SMILES string of the molecule is Cc1cc(C2C(c3ccccn3)NC(=S)N2c2ccc(N3CCC(C)CC3)c(Cl)c2)c(C)n1C1CCCC1. The molecule has 0 bridgehead atoms. The van der Waals surface area contributed by atoms with E-state index in [9.17, 15) is 0 Å². The zero-order valence-corrected chi connectivity index (χ0v) is 24.2. The summed E-state index contributed by atoms with van der Waals surface area (Å²) in [4.78, 5) is 9.44. The summed E-state index contributed by atoms with van der Waals surface area (Å²) in [6, 6.07) is 15.5. The number of piperidine rings is 1. The molecule has 1 saturated carbocycles. The Balaban J connectivity index is 1.41. The summed E-state index contributed by atoms with van der Waals surface area (Å²) in [6.07, 6.45) is 9.44. The monoisotopic (exact) mass is 547 g/mol. The van der Waals surface area contributed by atoms with Gasteiger partial charge in [-0.15, -0.1) is 0 Å². The molecule has 5 nitrogen and oxygen atoms in total. The minimum Gasteiger partial charge on any atom is -0.370 e. The third kappa shape index (κ3) is 4.60. The lowest BCUT2D eigenvalue weighted by Crippen LogP contribution is -2.33. The normalized spacial score (nSPS) is 22.9. The number of hydrogen-bond donors (Lipinski definition) is 1. The molecule has 4 heterocycles. The maximum absolute atomic E-state index is 6.97. The number of rotatable bonds is 5. The van der Waals surface area contributed by atoms with Crippen LogP contribution in [0, 0.1) is 19.8 Å². The molecule has 3 aliphatic rings. The van der Waals surface area contributed by atoms with E-state index in [-0.39, 0.29) is 12.1 Å². The van der Waals surface area contributed by atoms with Gasteiger partial charge in [-0.25, -0.2) is 0 Å². The van der Waals surface area contributed by atoms with Gasteiger partial charge < -0.3 is 19.7 Å². The second kappa shape index (κ2) is 10.5. The molecule has 2 aliphatic heterocycles. The van der Waals surface area contributed by atoms with Crippen molar-refractivity contribution in [3.05, 3.63) is 76.3 Å². The van der Waals surface area contributed by atoms with Gasteiger partial charge in [0.2, 0.25) is 0 Å². The minimum atomic E-state index is -0.0525. The largest absolute Gasteiger partial charge is 0.370 e. The van der Waals surface area contributed by atoms with Crippen LogP contribution in [0.2, 0.25) is 5.02 Å². The van der Waals surface area contributed by atoms with Gasteiger partial charge in [0, 0.05) is 42.4 Å². The van der Waals surface area contributed by atoms with Gasteiger partial charge in [0.1, 0.15) is 0 Å². The summed E-state index contributed by atoms with van der Waals surface area (Å²) < 4.78 is 2.57. The summed E-state index contributed by atoms with van der Waals surface area (Å²) >= 11 is 13.0. The van der Waals surface area contributed by atoms with E-state index in [0.29, 0.717) is 11.2 Å². The third-order valence-corrected chi connectivity index (χ3v) is 9.58. The maximum atomic E-state index is 6.97. The average molecular weight is 548 g/mol. The number of aromatic nitrogens is 2. The van der Waals surface area contributed by atoms with Crippen molar-refractivity contribution in [1.82, 2.24) is 14.9 Å². The summed E-state index contributed by atoms with van der Waals surface area (Å²) in [5.41, 5.74) is 7.12. The van der Waals surface area contributed by atoms with E-state index >= 15 is 0 Å². The molecule has 1 aromatic carbocycles. The molecule has 2 saturated heterocycles. The molecule has 200 valence electrons. The lowest BCUT2D eigenvalue weighted by atomic mass is 9.96. The Kier molecular flexibility index (Phi) is 7.12. The van der Waals surface area contributed by atoms with E-state index in [1.54, 1.807) is 0 Å². The fourth-order valence-electron chi connectivity index (χ4n) is 6.93. The third-order valence-electron chi connectivity index (χ3n) is 8.96. The molecule has 6 rings (SSSR count). The number of pyridine rings is 1. The van der Waals surface area contributed by atoms with Crippen molar-refractivity contribution in [1.29, 1.82) is 0 Å². The first-order valence-electron chi connectivity index (χ1n) is 14.2. The highest BCUT2D eigenvalue weighted by Crippen LogP contribution is 2.46. The van der Waals surface area contributed by atoms with Gasteiger partial charge in [-0.1, -0.05) is 37.4 Å². The van der Waals surface area contributed by atoms with Crippen molar-refractivity contribution in [2.24, 2.45) is 5.92 Å². The molecular formula is C31H38ClN5S. The molecule has 1 aliphatic carbocycles. The van der Waals surface area contributed by atoms with Crippen LogP contribution >= 0.6 is 23.8 Å². The molecule has 38 heavy (non-hydrogen) atoms. The first-order valence-corrected chi connectivity index (χ1v) is 14.9. The lowest BCUT2D eigenvalue weighted by Gasteiger charge is -2.33. The molecule has 7 heteroatoms. The topological polar surface area (TPSA) is 36.3 Å². The van der Waals surface area contributed by atoms with Crippen molar-refractivity contribution in [2.75, 3.05) is 22.9 Å². The second-order valence-corrected chi connectivity index (χ2v) is 12.2. The summed E-state index contributed by atoms with van der Waals surface area (Å²) in [5.74, 6) is 0.782. The average Bonchev–Trinajstić information content (AvgIpc) is 3.63. The van der Waals surface area contributed by atoms with E-state index in [2.05, 4.69) is 76.9 Å². The zero-order chi connectivity index (χ0) is 26.4. The number of benzene rings is 1. The van der Waals surface area contributed by atoms with Crippen molar-refractivity contribution in [2.45, 2.75) is 77.4 Å². The first-order chi connectivity index (χ1) is 18.4. The van der Waals surface area contributed by atoms with Crippen LogP contribution in [0.15, 0.2) is 48.7 Å².